The Morgan fingerprint density at radius 3 is 2.30 bits per heavy atom. The summed E-state index contributed by atoms with van der Waals surface area (Å²) in [5, 5.41) is 7.25. The maximum absolute atomic E-state index is 14.0. The maximum Gasteiger partial charge on any atom is 0.257 e. The van der Waals surface area contributed by atoms with E-state index >= 15 is 0 Å². The molecule has 0 spiro atoms. The molecule has 112 valence electrons. The van der Waals surface area contributed by atoms with Gasteiger partial charge in [0.1, 0.15) is 16.3 Å². The predicted octanol–water partition coefficient (Wildman–Crippen LogP) is 1.53. The van der Waals surface area contributed by atoms with E-state index in [0.29, 0.717) is 25.0 Å². The minimum Gasteiger partial charge on any atom is -0.349 e. The monoisotopic (exact) mass is 306 g/mol. The van der Waals surface area contributed by atoms with Crippen molar-refractivity contribution >= 4 is 15.9 Å². The summed E-state index contributed by atoms with van der Waals surface area (Å²) >= 11 is 0. The zero-order valence-corrected chi connectivity index (χ0v) is 11.9. The largest absolute Gasteiger partial charge is 0.349 e. The van der Waals surface area contributed by atoms with E-state index in [1.165, 1.54) is 0 Å². The van der Waals surface area contributed by atoms with Gasteiger partial charge in [-0.25, -0.2) is 22.3 Å². The molecule has 0 saturated carbocycles. The van der Waals surface area contributed by atoms with Gasteiger partial charge in [-0.1, -0.05) is 13.8 Å². The standard InChI is InChI=1S/C12H16F2N2O3S/c1-3-7(4-2)16-12(17)10-8(13)5-6-9(11(10)14)20(15,18)19/h5-7H,3-4H2,1-2H3,(H,16,17)(H2,15,18,19). The average molecular weight is 306 g/mol. The van der Waals surface area contributed by atoms with Crippen molar-refractivity contribution in [3.63, 3.8) is 0 Å². The molecule has 0 heterocycles. The summed E-state index contributed by atoms with van der Waals surface area (Å²) in [7, 11) is -4.37. The Morgan fingerprint density at radius 2 is 1.85 bits per heavy atom. The Labute approximate surface area is 116 Å². The van der Waals surface area contributed by atoms with Gasteiger partial charge in [0.25, 0.3) is 5.91 Å². The van der Waals surface area contributed by atoms with Gasteiger partial charge in [0.2, 0.25) is 10.0 Å². The highest BCUT2D eigenvalue weighted by molar-refractivity contribution is 7.89. The van der Waals surface area contributed by atoms with Crippen LogP contribution in [0.25, 0.3) is 0 Å². The third kappa shape index (κ3) is 3.51. The number of nitrogens with one attached hydrogen (secondary N) is 1. The van der Waals surface area contributed by atoms with Gasteiger partial charge in [-0.3, -0.25) is 4.79 Å². The van der Waals surface area contributed by atoms with Gasteiger partial charge in [0.15, 0.2) is 5.82 Å². The van der Waals surface area contributed by atoms with Gasteiger partial charge in [-0.05, 0) is 25.0 Å². The van der Waals surface area contributed by atoms with Crippen molar-refractivity contribution in [2.45, 2.75) is 37.6 Å². The number of halogens is 2. The van der Waals surface area contributed by atoms with Crippen molar-refractivity contribution < 1.29 is 22.0 Å². The summed E-state index contributed by atoms with van der Waals surface area (Å²) in [5.41, 5.74) is -0.941. The SMILES string of the molecule is CCC(CC)NC(=O)c1c(F)ccc(S(N)(=O)=O)c1F. The molecular formula is C12H16F2N2O3S. The van der Waals surface area contributed by atoms with Crippen LogP contribution in [0.3, 0.4) is 0 Å². The van der Waals surface area contributed by atoms with Gasteiger partial charge < -0.3 is 5.32 Å². The first kappa shape index (κ1) is 16.5. The first-order valence-electron chi connectivity index (χ1n) is 6.04. The fourth-order valence-electron chi connectivity index (χ4n) is 1.71. The molecule has 3 N–H and O–H groups in total. The first-order valence-corrected chi connectivity index (χ1v) is 7.58. The summed E-state index contributed by atoms with van der Waals surface area (Å²) in [4.78, 5) is 11.0. The Kier molecular flexibility index (Phi) is 5.18. The van der Waals surface area contributed by atoms with Crippen LogP contribution < -0.4 is 10.5 Å². The zero-order chi connectivity index (χ0) is 15.5. The van der Waals surface area contributed by atoms with Gasteiger partial charge >= 0.3 is 0 Å². The highest BCUT2D eigenvalue weighted by Gasteiger charge is 2.25. The molecule has 0 unspecified atom stereocenters. The van der Waals surface area contributed by atoms with E-state index in [1.807, 2.05) is 13.8 Å². The Bertz CT molecular complexity index is 613. The summed E-state index contributed by atoms with van der Waals surface area (Å²) in [6.07, 6.45) is 1.17. The number of amides is 1. The van der Waals surface area contributed by atoms with Crippen molar-refractivity contribution in [2.75, 3.05) is 0 Å². The number of nitrogens with two attached hydrogens (primary N) is 1. The smallest absolute Gasteiger partial charge is 0.257 e. The molecule has 0 aromatic heterocycles. The summed E-state index contributed by atoms with van der Waals surface area (Å²) in [6, 6.07) is 1.14. The van der Waals surface area contributed by atoms with Gasteiger partial charge in [0.05, 0.1) is 0 Å². The summed E-state index contributed by atoms with van der Waals surface area (Å²) in [6.45, 7) is 3.61. The fourth-order valence-corrected chi connectivity index (χ4v) is 2.32. The van der Waals surface area contributed by atoms with Crippen LogP contribution in [-0.2, 0) is 10.0 Å². The van der Waals surface area contributed by atoms with E-state index in [-0.39, 0.29) is 6.04 Å². The number of carbonyl (C=O) groups is 1. The normalized spacial score (nSPS) is 11.7. The van der Waals surface area contributed by atoms with E-state index in [0.717, 1.165) is 0 Å². The molecule has 1 amide bonds. The molecule has 0 radical (unpaired) electrons. The Hall–Kier alpha value is -1.54. The summed E-state index contributed by atoms with van der Waals surface area (Å²) < 4.78 is 49.9. The van der Waals surface area contributed by atoms with Crippen molar-refractivity contribution in [3.8, 4) is 0 Å². The van der Waals surface area contributed by atoms with Crippen LogP contribution in [0.15, 0.2) is 17.0 Å². The lowest BCUT2D eigenvalue weighted by atomic mass is 10.1. The number of hydrogen-bond donors (Lipinski definition) is 2. The van der Waals surface area contributed by atoms with Crippen LogP contribution in [0.1, 0.15) is 37.0 Å². The van der Waals surface area contributed by atoms with E-state index < -0.39 is 38.0 Å². The molecule has 1 aromatic rings. The van der Waals surface area contributed by atoms with E-state index in [1.54, 1.807) is 0 Å². The lowest BCUT2D eigenvalue weighted by Crippen LogP contribution is -2.35. The number of carbonyl (C=O) groups excluding carboxylic acids is 1. The van der Waals surface area contributed by atoms with Crippen LogP contribution in [0.4, 0.5) is 8.78 Å². The molecule has 20 heavy (non-hydrogen) atoms. The van der Waals surface area contributed by atoms with Crippen LogP contribution in [0, 0.1) is 11.6 Å². The van der Waals surface area contributed by atoms with Gasteiger partial charge in [0, 0.05) is 6.04 Å². The van der Waals surface area contributed by atoms with E-state index in [9.17, 15) is 22.0 Å². The lowest BCUT2D eigenvalue weighted by molar-refractivity contribution is 0.0925. The molecule has 0 aliphatic carbocycles. The number of benzene rings is 1. The average Bonchev–Trinajstić information content (AvgIpc) is 2.34. The predicted molar refractivity (Wildman–Crippen MR) is 69.6 cm³/mol. The quantitative estimate of drug-likeness (QED) is 0.864. The third-order valence-corrected chi connectivity index (χ3v) is 3.84. The van der Waals surface area contributed by atoms with Crippen molar-refractivity contribution in [1.29, 1.82) is 0 Å². The fraction of sp³-hybridized carbons (Fsp3) is 0.417. The molecule has 8 heteroatoms. The highest BCUT2D eigenvalue weighted by atomic mass is 32.2. The number of primary sulfonamides is 1. The molecule has 0 saturated heterocycles. The van der Waals surface area contributed by atoms with Crippen LogP contribution >= 0.6 is 0 Å². The van der Waals surface area contributed by atoms with Crippen molar-refractivity contribution in [2.24, 2.45) is 5.14 Å². The molecule has 1 rings (SSSR count). The Balaban J connectivity index is 3.28. The second-order valence-corrected chi connectivity index (χ2v) is 5.80. The van der Waals surface area contributed by atoms with Crippen LogP contribution in [0.5, 0.6) is 0 Å². The number of rotatable bonds is 5. The highest BCUT2D eigenvalue weighted by Crippen LogP contribution is 2.20. The Morgan fingerprint density at radius 1 is 1.30 bits per heavy atom. The van der Waals surface area contributed by atoms with Crippen LogP contribution in [0.2, 0.25) is 0 Å². The molecule has 5 nitrogen and oxygen atoms in total. The summed E-state index contributed by atoms with van der Waals surface area (Å²) in [5.74, 6) is -3.62. The number of hydrogen-bond acceptors (Lipinski definition) is 3. The van der Waals surface area contributed by atoms with Crippen LogP contribution in [-0.4, -0.2) is 20.4 Å². The molecule has 0 bridgehead atoms. The minimum absolute atomic E-state index is 0.251. The second-order valence-electron chi connectivity index (χ2n) is 4.27. The first-order chi connectivity index (χ1) is 9.22. The second kappa shape index (κ2) is 6.27. The van der Waals surface area contributed by atoms with E-state index in [2.05, 4.69) is 5.32 Å². The van der Waals surface area contributed by atoms with Gasteiger partial charge in [-0.2, -0.15) is 0 Å². The molecule has 0 fully saturated rings. The number of sulfonamides is 1. The molecule has 1 aromatic carbocycles. The van der Waals surface area contributed by atoms with Gasteiger partial charge in [-0.15, -0.1) is 0 Å². The zero-order valence-electron chi connectivity index (χ0n) is 11.1. The maximum atomic E-state index is 14.0. The molecule has 0 atom stereocenters. The molecular weight excluding hydrogens is 290 g/mol. The van der Waals surface area contributed by atoms with E-state index in [4.69, 9.17) is 5.14 Å². The van der Waals surface area contributed by atoms with Crippen molar-refractivity contribution in [3.05, 3.63) is 29.3 Å². The lowest BCUT2D eigenvalue weighted by Gasteiger charge is -2.15. The van der Waals surface area contributed by atoms with Crippen molar-refractivity contribution in [1.82, 2.24) is 5.32 Å². The topological polar surface area (TPSA) is 89.3 Å². The molecule has 0 aliphatic rings. The minimum atomic E-state index is -4.37. The molecule has 0 aliphatic heterocycles. The third-order valence-electron chi connectivity index (χ3n) is 2.91.